The van der Waals surface area contributed by atoms with Gasteiger partial charge in [0.05, 0.1) is 7.11 Å². The number of nitrogens with zero attached hydrogens (tertiary/aromatic N) is 1. The lowest BCUT2D eigenvalue weighted by atomic mass is 10.0. The lowest BCUT2D eigenvalue weighted by Gasteiger charge is -2.25. The molecule has 0 radical (unpaired) electrons. The number of ether oxygens (including phenoxy) is 1. The molecule has 2 unspecified atom stereocenters. The number of alkyl carbamates (subject to hydrolysis) is 1. The number of likely N-dealkylation sites (tertiary alicyclic amines) is 1. The summed E-state index contributed by atoms with van der Waals surface area (Å²) in [5.74, 6) is 0.326. The van der Waals surface area contributed by atoms with Gasteiger partial charge in [0, 0.05) is 30.7 Å². The summed E-state index contributed by atoms with van der Waals surface area (Å²) < 4.78 is 4.62. The number of phenols is 1. The molecule has 5 nitrogen and oxygen atoms in total. The Balaban J connectivity index is 2.02. The molecule has 1 saturated heterocycles. The van der Waals surface area contributed by atoms with Gasteiger partial charge in [0.2, 0.25) is 0 Å². The monoisotopic (exact) mass is 278 g/mol. The van der Waals surface area contributed by atoms with E-state index in [-0.39, 0.29) is 18.2 Å². The van der Waals surface area contributed by atoms with E-state index < -0.39 is 0 Å². The first-order valence-electron chi connectivity index (χ1n) is 6.89. The summed E-state index contributed by atoms with van der Waals surface area (Å²) in [6.45, 7) is 5.75. The van der Waals surface area contributed by atoms with E-state index in [2.05, 4.69) is 21.9 Å². The topological polar surface area (TPSA) is 61.8 Å². The number of hydrogen-bond acceptors (Lipinski definition) is 4. The summed E-state index contributed by atoms with van der Waals surface area (Å²) in [4.78, 5) is 13.5. The van der Waals surface area contributed by atoms with Crippen LogP contribution in [0, 0.1) is 6.92 Å². The van der Waals surface area contributed by atoms with Crippen molar-refractivity contribution in [3.63, 3.8) is 0 Å². The molecule has 1 amide bonds. The number of methoxy groups -OCH3 is 1. The number of aryl methyl sites for hydroxylation is 1. The van der Waals surface area contributed by atoms with Crippen LogP contribution in [-0.2, 0) is 4.74 Å². The maximum Gasteiger partial charge on any atom is 0.407 e. The van der Waals surface area contributed by atoms with Crippen molar-refractivity contribution >= 4 is 6.09 Å². The molecule has 1 fully saturated rings. The fraction of sp³-hybridized carbons (Fsp3) is 0.533. The van der Waals surface area contributed by atoms with Gasteiger partial charge >= 0.3 is 6.09 Å². The van der Waals surface area contributed by atoms with E-state index in [1.54, 1.807) is 6.07 Å². The second kappa shape index (κ2) is 6.13. The molecule has 1 heterocycles. The zero-order chi connectivity index (χ0) is 14.7. The third-order valence-electron chi connectivity index (χ3n) is 3.91. The van der Waals surface area contributed by atoms with Crippen LogP contribution >= 0.6 is 0 Å². The molecule has 0 spiro atoms. The fourth-order valence-corrected chi connectivity index (χ4v) is 2.69. The van der Waals surface area contributed by atoms with Gasteiger partial charge in [0.25, 0.3) is 0 Å². The Morgan fingerprint density at radius 3 is 3.00 bits per heavy atom. The molecule has 1 aliphatic rings. The van der Waals surface area contributed by atoms with E-state index in [9.17, 15) is 9.90 Å². The Hall–Kier alpha value is -1.75. The van der Waals surface area contributed by atoms with Gasteiger partial charge in [-0.25, -0.2) is 4.79 Å². The van der Waals surface area contributed by atoms with Crippen molar-refractivity contribution < 1.29 is 14.6 Å². The van der Waals surface area contributed by atoms with Crippen molar-refractivity contribution in [2.45, 2.75) is 32.4 Å². The standard InChI is InChI=1S/C15H22N2O3/c1-10-4-5-14(18)13(8-10)11(2)17-7-6-12(9-17)16-15(19)20-3/h4-5,8,11-12,18H,6-7,9H2,1-3H3,(H,16,19). The van der Waals surface area contributed by atoms with Gasteiger partial charge in [-0.3, -0.25) is 4.90 Å². The first-order valence-corrected chi connectivity index (χ1v) is 6.89. The number of hydrogen-bond donors (Lipinski definition) is 2. The van der Waals surface area contributed by atoms with Crippen LogP contribution in [0.5, 0.6) is 5.75 Å². The fourth-order valence-electron chi connectivity index (χ4n) is 2.69. The zero-order valence-electron chi connectivity index (χ0n) is 12.2. The quantitative estimate of drug-likeness (QED) is 0.889. The van der Waals surface area contributed by atoms with Crippen molar-refractivity contribution in [3.8, 4) is 5.75 Å². The number of carbonyl (C=O) groups excluding carboxylic acids is 1. The van der Waals surface area contributed by atoms with Crippen LogP contribution in [-0.4, -0.2) is 42.3 Å². The van der Waals surface area contributed by atoms with Gasteiger partial charge in [-0.05, 0) is 26.3 Å². The smallest absolute Gasteiger partial charge is 0.407 e. The van der Waals surface area contributed by atoms with Gasteiger partial charge in [-0.2, -0.15) is 0 Å². The Morgan fingerprint density at radius 2 is 2.30 bits per heavy atom. The maximum atomic E-state index is 11.2. The summed E-state index contributed by atoms with van der Waals surface area (Å²) in [7, 11) is 1.37. The van der Waals surface area contributed by atoms with E-state index in [1.165, 1.54) is 7.11 Å². The largest absolute Gasteiger partial charge is 0.508 e. The number of nitrogens with one attached hydrogen (secondary N) is 1. The minimum absolute atomic E-state index is 0.108. The van der Waals surface area contributed by atoms with Crippen molar-refractivity contribution in [2.75, 3.05) is 20.2 Å². The number of carbonyl (C=O) groups is 1. The molecule has 2 rings (SSSR count). The van der Waals surface area contributed by atoms with Gasteiger partial charge in [0.15, 0.2) is 0 Å². The van der Waals surface area contributed by atoms with E-state index in [1.807, 2.05) is 19.1 Å². The first kappa shape index (κ1) is 14.7. The normalized spacial score (nSPS) is 20.6. The molecule has 0 bridgehead atoms. The molecule has 20 heavy (non-hydrogen) atoms. The summed E-state index contributed by atoms with van der Waals surface area (Å²) in [5.41, 5.74) is 2.07. The zero-order valence-corrected chi connectivity index (χ0v) is 12.2. The molecule has 5 heteroatoms. The second-order valence-corrected chi connectivity index (χ2v) is 5.35. The highest BCUT2D eigenvalue weighted by atomic mass is 16.5. The third kappa shape index (κ3) is 3.22. The van der Waals surface area contributed by atoms with Crippen molar-refractivity contribution in [3.05, 3.63) is 29.3 Å². The van der Waals surface area contributed by atoms with Gasteiger partial charge in [-0.15, -0.1) is 0 Å². The highest BCUT2D eigenvalue weighted by molar-refractivity contribution is 5.67. The molecule has 0 saturated carbocycles. The SMILES string of the molecule is COC(=O)NC1CCN(C(C)c2cc(C)ccc2O)C1. The van der Waals surface area contributed by atoms with E-state index in [4.69, 9.17) is 0 Å². The Labute approximate surface area is 119 Å². The number of phenolic OH excluding ortho intramolecular Hbond substituents is 1. The molecule has 2 N–H and O–H groups in total. The van der Waals surface area contributed by atoms with E-state index >= 15 is 0 Å². The molecular formula is C15H22N2O3. The van der Waals surface area contributed by atoms with Crippen LogP contribution < -0.4 is 5.32 Å². The number of rotatable bonds is 3. The highest BCUT2D eigenvalue weighted by Crippen LogP contribution is 2.31. The highest BCUT2D eigenvalue weighted by Gasteiger charge is 2.28. The van der Waals surface area contributed by atoms with Gasteiger partial charge < -0.3 is 15.2 Å². The number of benzene rings is 1. The third-order valence-corrected chi connectivity index (χ3v) is 3.91. The van der Waals surface area contributed by atoms with Crippen molar-refractivity contribution in [2.24, 2.45) is 0 Å². The van der Waals surface area contributed by atoms with Gasteiger partial charge in [0.1, 0.15) is 5.75 Å². The minimum atomic E-state index is -0.386. The molecular weight excluding hydrogens is 256 g/mol. The van der Waals surface area contributed by atoms with Crippen LogP contribution in [0.1, 0.15) is 30.5 Å². The average Bonchev–Trinajstić information content (AvgIpc) is 2.89. The molecule has 1 aliphatic heterocycles. The summed E-state index contributed by atoms with van der Waals surface area (Å²) >= 11 is 0. The minimum Gasteiger partial charge on any atom is -0.508 e. The lowest BCUT2D eigenvalue weighted by molar-refractivity contribution is 0.165. The van der Waals surface area contributed by atoms with Crippen molar-refractivity contribution in [1.82, 2.24) is 10.2 Å². The van der Waals surface area contributed by atoms with Crippen molar-refractivity contribution in [1.29, 1.82) is 0 Å². The second-order valence-electron chi connectivity index (χ2n) is 5.35. The predicted octanol–water partition coefficient (Wildman–Crippen LogP) is 2.19. The number of aromatic hydroxyl groups is 1. The Kier molecular flexibility index (Phi) is 4.49. The molecule has 2 atom stereocenters. The molecule has 110 valence electrons. The van der Waals surface area contributed by atoms with E-state index in [0.29, 0.717) is 5.75 Å². The Bertz CT molecular complexity index is 490. The summed E-state index contributed by atoms with van der Waals surface area (Å²) in [5, 5.41) is 12.8. The summed E-state index contributed by atoms with van der Waals surface area (Å²) in [6.07, 6.45) is 0.509. The predicted molar refractivity (Wildman–Crippen MR) is 76.8 cm³/mol. The average molecular weight is 278 g/mol. The first-order chi connectivity index (χ1) is 9.51. The molecule has 0 aliphatic carbocycles. The van der Waals surface area contributed by atoms with E-state index in [0.717, 1.165) is 30.6 Å². The van der Waals surface area contributed by atoms with Crippen LogP contribution in [0.3, 0.4) is 0 Å². The maximum absolute atomic E-state index is 11.2. The van der Waals surface area contributed by atoms with Crippen LogP contribution in [0.2, 0.25) is 0 Å². The lowest BCUT2D eigenvalue weighted by Crippen LogP contribution is -2.37. The van der Waals surface area contributed by atoms with Gasteiger partial charge in [-0.1, -0.05) is 17.7 Å². The number of amides is 1. The van der Waals surface area contributed by atoms with Crippen LogP contribution in [0.25, 0.3) is 0 Å². The van der Waals surface area contributed by atoms with Crippen LogP contribution in [0.4, 0.5) is 4.79 Å². The Morgan fingerprint density at radius 1 is 1.55 bits per heavy atom. The van der Waals surface area contributed by atoms with Crippen LogP contribution in [0.15, 0.2) is 18.2 Å². The molecule has 1 aromatic carbocycles. The molecule has 1 aromatic rings. The summed E-state index contributed by atoms with van der Waals surface area (Å²) in [6, 6.07) is 5.89. The molecule has 0 aromatic heterocycles.